The van der Waals surface area contributed by atoms with Crippen molar-refractivity contribution >= 4 is 23.2 Å². The third kappa shape index (κ3) is 6.79. The van der Waals surface area contributed by atoms with Gasteiger partial charge in [-0.25, -0.2) is 0 Å². The van der Waals surface area contributed by atoms with Gasteiger partial charge >= 0.3 is 6.18 Å². The van der Waals surface area contributed by atoms with E-state index in [1.54, 1.807) is 4.90 Å². The van der Waals surface area contributed by atoms with Crippen LogP contribution in [0, 0.1) is 0 Å². The second kappa shape index (κ2) is 10.8. The minimum atomic E-state index is -4.54. The molecule has 2 amide bonds. The quantitative estimate of drug-likeness (QED) is 0.682. The third-order valence-electron chi connectivity index (χ3n) is 5.52. The summed E-state index contributed by atoms with van der Waals surface area (Å²) in [7, 11) is 0. The van der Waals surface area contributed by atoms with E-state index in [1.165, 1.54) is 18.2 Å². The number of carbonyl (C=O) groups excluding carboxylic acids is 2. The second-order valence-electron chi connectivity index (χ2n) is 8.34. The summed E-state index contributed by atoms with van der Waals surface area (Å²) in [4.78, 5) is 31.0. The number of halogens is 3. The Hall–Kier alpha value is -2.91. The molecule has 0 radical (unpaired) electrons. The van der Waals surface area contributed by atoms with Crippen molar-refractivity contribution in [3.05, 3.63) is 60.2 Å². The number of rotatable bonds is 7. The van der Waals surface area contributed by atoms with Gasteiger partial charge in [0.05, 0.1) is 24.3 Å². The molecule has 0 spiro atoms. The van der Waals surface area contributed by atoms with E-state index in [0.29, 0.717) is 26.2 Å². The molecule has 3 rings (SSSR count). The van der Waals surface area contributed by atoms with Gasteiger partial charge in [-0.3, -0.25) is 19.4 Å². The monoisotopic (exact) mass is 462 g/mol. The summed E-state index contributed by atoms with van der Waals surface area (Å²) in [5.74, 6) is -0.488. The van der Waals surface area contributed by atoms with E-state index in [2.05, 4.69) is 5.32 Å². The first-order valence-electron chi connectivity index (χ1n) is 10.9. The van der Waals surface area contributed by atoms with Gasteiger partial charge in [0, 0.05) is 37.9 Å². The Morgan fingerprint density at radius 1 is 0.909 bits per heavy atom. The molecule has 1 fully saturated rings. The molecule has 2 aromatic rings. The summed E-state index contributed by atoms with van der Waals surface area (Å²) in [5, 5.41) is 2.38. The number of para-hydroxylation sites is 2. The molecule has 1 aliphatic rings. The maximum atomic E-state index is 13.1. The second-order valence-corrected chi connectivity index (χ2v) is 8.34. The minimum Gasteiger partial charge on any atom is -0.324 e. The Labute approximate surface area is 192 Å². The van der Waals surface area contributed by atoms with Crippen molar-refractivity contribution in [2.45, 2.75) is 26.1 Å². The first kappa shape index (κ1) is 24.7. The van der Waals surface area contributed by atoms with Crippen LogP contribution in [0.4, 0.5) is 24.5 Å². The lowest BCUT2D eigenvalue weighted by atomic mass is 10.1. The van der Waals surface area contributed by atoms with Crippen molar-refractivity contribution in [3.63, 3.8) is 0 Å². The summed E-state index contributed by atoms with van der Waals surface area (Å²) < 4.78 is 39.4. The van der Waals surface area contributed by atoms with Crippen LogP contribution in [-0.2, 0) is 15.8 Å². The number of anilines is 2. The largest absolute Gasteiger partial charge is 0.418 e. The van der Waals surface area contributed by atoms with Crippen LogP contribution in [0.15, 0.2) is 54.6 Å². The Morgan fingerprint density at radius 2 is 1.45 bits per heavy atom. The van der Waals surface area contributed by atoms with Crippen molar-refractivity contribution in [3.8, 4) is 0 Å². The van der Waals surface area contributed by atoms with Crippen molar-refractivity contribution in [1.29, 1.82) is 0 Å². The maximum absolute atomic E-state index is 13.1. The highest BCUT2D eigenvalue weighted by molar-refractivity contribution is 5.95. The number of carbonyl (C=O) groups is 2. The average Bonchev–Trinajstić information content (AvgIpc) is 2.75. The van der Waals surface area contributed by atoms with Gasteiger partial charge in [-0.05, 0) is 38.1 Å². The van der Waals surface area contributed by atoms with Gasteiger partial charge in [-0.2, -0.15) is 13.2 Å². The summed E-state index contributed by atoms with van der Waals surface area (Å²) in [6, 6.07) is 14.5. The first-order chi connectivity index (χ1) is 15.6. The SMILES string of the molecule is CC(C)N(C(=O)CN1CCN(CC(=O)Nc2ccccc2C(F)(F)F)CC1)c1ccccc1. The maximum Gasteiger partial charge on any atom is 0.418 e. The van der Waals surface area contributed by atoms with Gasteiger partial charge in [-0.15, -0.1) is 0 Å². The normalized spacial score (nSPS) is 15.5. The molecule has 1 saturated heterocycles. The van der Waals surface area contributed by atoms with Crippen LogP contribution in [0.25, 0.3) is 0 Å². The van der Waals surface area contributed by atoms with Crippen LogP contribution in [0.2, 0.25) is 0 Å². The van der Waals surface area contributed by atoms with Crippen molar-refractivity contribution in [1.82, 2.24) is 9.80 Å². The fourth-order valence-electron chi connectivity index (χ4n) is 3.92. The lowest BCUT2D eigenvalue weighted by molar-refractivity contribution is -0.137. The van der Waals surface area contributed by atoms with Crippen molar-refractivity contribution < 1.29 is 22.8 Å². The van der Waals surface area contributed by atoms with E-state index in [4.69, 9.17) is 0 Å². The van der Waals surface area contributed by atoms with Gasteiger partial charge in [0.25, 0.3) is 0 Å². The topological polar surface area (TPSA) is 55.9 Å². The van der Waals surface area contributed by atoms with Crippen LogP contribution in [-0.4, -0.2) is 66.9 Å². The molecule has 0 aliphatic carbocycles. The molecule has 9 heteroatoms. The molecule has 2 aromatic carbocycles. The standard InChI is InChI=1S/C24H29F3N4O2/c1-18(2)31(19-8-4-3-5-9-19)23(33)17-30-14-12-29(13-15-30)16-22(32)28-21-11-7-6-10-20(21)24(25,26)27/h3-11,18H,12-17H2,1-2H3,(H,28,32). The van der Waals surface area contributed by atoms with Gasteiger partial charge < -0.3 is 10.2 Å². The van der Waals surface area contributed by atoms with Crippen molar-refractivity contribution in [2.24, 2.45) is 0 Å². The molecule has 0 unspecified atom stereocenters. The highest BCUT2D eigenvalue weighted by Gasteiger charge is 2.33. The first-order valence-corrected chi connectivity index (χ1v) is 10.9. The smallest absolute Gasteiger partial charge is 0.324 e. The van der Waals surface area contributed by atoms with Gasteiger partial charge in [0.15, 0.2) is 0 Å². The van der Waals surface area contributed by atoms with E-state index >= 15 is 0 Å². The number of hydrogen-bond donors (Lipinski definition) is 1. The zero-order valence-corrected chi connectivity index (χ0v) is 18.8. The Kier molecular flexibility index (Phi) is 8.10. The predicted octanol–water partition coefficient (Wildman–Crippen LogP) is 3.70. The van der Waals surface area contributed by atoms with E-state index in [9.17, 15) is 22.8 Å². The fourth-order valence-corrected chi connectivity index (χ4v) is 3.92. The number of amides is 2. The number of nitrogens with zero attached hydrogens (tertiary/aromatic N) is 3. The molecule has 1 aliphatic heterocycles. The number of hydrogen-bond acceptors (Lipinski definition) is 4. The highest BCUT2D eigenvalue weighted by atomic mass is 19.4. The Morgan fingerprint density at radius 3 is 2.03 bits per heavy atom. The highest BCUT2D eigenvalue weighted by Crippen LogP contribution is 2.34. The van der Waals surface area contributed by atoms with Gasteiger partial charge in [0.2, 0.25) is 11.8 Å². The Balaban J connectivity index is 1.50. The number of nitrogens with one attached hydrogen (secondary N) is 1. The molecular weight excluding hydrogens is 433 g/mol. The lowest BCUT2D eigenvalue weighted by Gasteiger charge is -2.35. The summed E-state index contributed by atoms with van der Waals surface area (Å²) in [6.07, 6.45) is -4.54. The van der Waals surface area contributed by atoms with E-state index in [1.807, 2.05) is 54.0 Å². The number of benzene rings is 2. The van der Waals surface area contributed by atoms with Crippen LogP contribution in [0.5, 0.6) is 0 Å². The number of alkyl halides is 3. The molecule has 33 heavy (non-hydrogen) atoms. The molecule has 0 aromatic heterocycles. The third-order valence-corrected chi connectivity index (χ3v) is 5.52. The molecule has 0 bridgehead atoms. The molecule has 0 atom stereocenters. The molecule has 6 nitrogen and oxygen atoms in total. The zero-order chi connectivity index (χ0) is 24.0. The van der Waals surface area contributed by atoms with E-state index in [0.717, 1.165) is 11.8 Å². The van der Waals surface area contributed by atoms with E-state index < -0.39 is 17.6 Å². The van der Waals surface area contributed by atoms with Gasteiger partial charge in [0.1, 0.15) is 0 Å². The average molecular weight is 463 g/mol. The van der Waals surface area contributed by atoms with Crippen LogP contribution in [0.1, 0.15) is 19.4 Å². The zero-order valence-electron chi connectivity index (χ0n) is 18.8. The fraction of sp³-hybridized carbons (Fsp3) is 0.417. The number of piperazine rings is 1. The molecule has 0 saturated carbocycles. The molecule has 1 N–H and O–H groups in total. The predicted molar refractivity (Wildman–Crippen MR) is 122 cm³/mol. The van der Waals surface area contributed by atoms with Crippen LogP contribution in [0.3, 0.4) is 0 Å². The summed E-state index contributed by atoms with van der Waals surface area (Å²) in [6.45, 7) is 6.50. The Bertz CT molecular complexity index is 942. The van der Waals surface area contributed by atoms with Crippen LogP contribution >= 0.6 is 0 Å². The molecular formula is C24H29F3N4O2. The van der Waals surface area contributed by atoms with Gasteiger partial charge in [-0.1, -0.05) is 30.3 Å². The van der Waals surface area contributed by atoms with Crippen molar-refractivity contribution in [2.75, 3.05) is 49.5 Å². The van der Waals surface area contributed by atoms with Crippen LogP contribution < -0.4 is 10.2 Å². The summed E-state index contributed by atoms with van der Waals surface area (Å²) >= 11 is 0. The summed E-state index contributed by atoms with van der Waals surface area (Å²) in [5.41, 5.74) is -0.254. The molecule has 1 heterocycles. The molecule has 178 valence electrons. The minimum absolute atomic E-state index is 0.00386. The van der Waals surface area contributed by atoms with E-state index in [-0.39, 0.29) is 30.7 Å². The lowest BCUT2D eigenvalue weighted by Crippen LogP contribution is -2.52.